The molecule has 2 aromatic rings. The van der Waals surface area contributed by atoms with Gasteiger partial charge in [0.1, 0.15) is 6.23 Å². The van der Waals surface area contributed by atoms with Gasteiger partial charge in [0.2, 0.25) is 5.95 Å². The highest BCUT2D eigenvalue weighted by Gasteiger charge is 2.34. The second kappa shape index (κ2) is 4.32. The van der Waals surface area contributed by atoms with Gasteiger partial charge in [-0.25, -0.2) is 4.98 Å². The van der Waals surface area contributed by atoms with Crippen molar-refractivity contribution in [2.45, 2.75) is 38.2 Å². The van der Waals surface area contributed by atoms with Crippen LogP contribution in [-0.2, 0) is 4.74 Å². The average molecular weight is 265 g/mol. The van der Waals surface area contributed by atoms with E-state index in [0.717, 1.165) is 6.42 Å². The summed E-state index contributed by atoms with van der Waals surface area (Å²) in [6.07, 6.45) is 1.55. The van der Waals surface area contributed by atoms with Gasteiger partial charge in [-0.05, 0) is 6.42 Å². The maximum Gasteiger partial charge on any atom is 0.280 e. The maximum atomic E-state index is 11.7. The third-order valence-corrected chi connectivity index (χ3v) is 3.37. The van der Waals surface area contributed by atoms with Crippen molar-refractivity contribution in [3.05, 3.63) is 16.7 Å². The van der Waals surface area contributed by atoms with E-state index in [4.69, 9.17) is 10.5 Å². The number of aliphatic hydroxyl groups excluding tert-OH is 1. The van der Waals surface area contributed by atoms with Crippen LogP contribution < -0.4 is 11.3 Å². The van der Waals surface area contributed by atoms with E-state index in [1.165, 1.54) is 6.33 Å². The van der Waals surface area contributed by atoms with Gasteiger partial charge in [-0.3, -0.25) is 14.3 Å². The zero-order chi connectivity index (χ0) is 13.6. The number of nitrogen functional groups attached to an aromatic ring is 1. The smallest absolute Gasteiger partial charge is 0.280 e. The minimum atomic E-state index is -0.521. The van der Waals surface area contributed by atoms with E-state index in [-0.39, 0.29) is 29.4 Å². The Bertz CT molecular complexity index is 664. The number of H-pyrrole nitrogens is 1. The van der Waals surface area contributed by atoms with Crippen LogP contribution in [0.3, 0.4) is 0 Å². The van der Waals surface area contributed by atoms with Crippen LogP contribution in [0.2, 0.25) is 0 Å². The number of rotatable bonds is 2. The van der Waals surface area contributed by atoms with Crippen molar-refractivity contribution in [2.75, 3.05) is 5.73 Å². The molecule has 1 fully saturated rings. The molecular formula is C11H15N5O3. The summed E-state index contributed by atoms with van der Waals surface area (Å²) in [5, 5.41) is 9.87. The number of nitrogens with two attached hydrogens (primary N) is 1. The number of anilines is 1. The van der Waals surface area contributed by atoms with Gasteiger partial charge in [0, 0.05) is 6.42 Å². The summed E-state index contributed by atoms with van der Waals surface area (Å²) in [5.41, 5.74) is 5.74. The van der Waals surface area contributed by atoms with E-state index >= 15 is 0 Å². The van der Waals surface area contributed by atoms with E-state index < -0.39 is 6.10 Å². The first-order chi connectivity index (χ1) is 9.10. The molecule has 0 aliphatic carbocycles. The van der Waals surface area contributed by atoms with Gasteiger partial charge in [0.15, 0.2) is 11.2 Å². The van der Waals surface area contributed by atoms with Gasteiger partial charge in [-0.2, -0.15) is 4.98 Å². The Morgan fingerprint density at radius 1 is 1.68 bits per heavy atom. The lowest BCUT2D eigenvalue weighted by Gasteiger charge is -2.13. The summed E-state index contributed by atoms with van der Waals surface area (Å²) in [6, 6.07) is 0. The summed E-state index contributed by atoms with van der Waals surface area (Å²) in [7, 11) is 0. The van der Waals surface area contributed by atoms with Gasteiger partial charge in [0.05, 0.1) is 18.5 Å². The average Bonchev–Trinajstić information content (AvgIpc) is 2.92. The molecule has 0 aromatic carbocycles. The fourth-order valence-electron chi connectivity index (χ4n) is 2.41. The molecule has 1 saturated heterocycles. The molecule has 4 N–H and O–H groups in total. The Morgan fingerprint density at radius 2 is 2.47 bits per heavy atom. The predicted octanol–water partition coefficient (Wildman–Crippen LogP) is -0.240. The van der Waals surface area contributed by atoms with Crippen molar-refractivity contribution in [1.82, 2.24) is 19.5 Å². The van der Waals surface area contributed by atoms with Crippen molar-refractivity contribution < 1.29 is 9.84 Å². The standard InChI is InChI=1S/C11H15N5O3/c1-2-6-5(17)3-7(19-6)16-4-13-8-9(16)14-11(12)15-10(8)18/h4-7,17H,2-3H2,1H3,(H3,12,14,15,18)/t5?,6-,7-/m1/s1. The Morgan fingerprint density at radius 3 is 3.16 bits per heavy atom. The molecule has 1 unspecified atom stereocenters. The van der Waals surface area contributed by atoms with Crippen molar-refractivity contribution >= 4 is 17.1 Å². The van der Waals surface area contributed by atoms with Crippen LogP contribution in [0.4, 0.5) is 5.95 Å². The van der Waals surface area contributed by atoms with Crippen LogP contribution in [0.1, 0.15) is 26.0 Å². The van der Waals surface area contributed by atoms with Gasteiger partial charge in [-0.1, -0.05) is 6.92 Å². The first kappa shape index (κ1) is 12.1. The third kappa shape index (κ3) is 1.89. The molecule has 0 spiro atoms. The molecule has 2 aromatic heterocycles. The molecule has 0 bridgehead atoms. The first-order valence-electron chi connectivity index (χ1n) is 6.16. The largest absolute Gasteiger partial charge is 0.390 e. The van der Waals surface area contributed by atoms with Gasteiger partial charge in [-0.15, -0.1) is 0 Å². The van der Waals surface area contributed by atoms with Gasteiger partial charge >= 0.3 is 0 Å². The minimum absolute atomic E-state index is 0.0323. The number of nitrogens with one attached hydrogen (secondary N) is 1. The molecule has 1 aliphatic rings. The molecule has 0 amide bonds. The van der Waals surface area contributed by atoms with Crippen LogP contribution in [-0.4, -0.2) is 36.8 Å². The van der Waals surface area contributed by atoms with Crippen LogP contribution in [0.5, 0.6) is 0 Å². The first-order valence-corrected chi connectivity index (χ1v) is 6.16. The van der Waals surface area contributed by atoms with E-state index in [1.807, 2.05) is 6.92 Å². The van der Waals surface area contributed by atoms with E-state index in [9.17, 15) is 9.90 Å². The highest BCUT2D eigenvalue weighted by atomic mass is 16.5. The summed E-state index contributed by atoms with van der Waals surface area (Å²) in [4.78, 5) is 22.2. The molecule has 0 radical (unpaired) electrons. The number of nitrogens with zero attached hydrogens (tertiary/aromatic N) is 3. The lowest BCUT2D eigenvalue weighted by Crippen LogP contribution is -2.19. The highest BCUT2D eigenvalue weighted by Crippen LogP contribution is 2.31. The van der Waals surface area contributed by atoms with Crippen LogP contribution in [0.15, 0.2) is 11.1 Å². The maximum absolute atomic E-state index is 11.7. The Kier molecular flexibility index (Phi) is 2.76. The zero-order valence-corrected chi connectivity index (χ0v) is 10.4. The molecule has 19 heavy (non-hydrogen) atoms. The van der Waals surface area contributed by atoms with Crippen LogP contribution >= 0.6 is 0 Å². The Hall–Kier alpha value is -1.93. The minimum Gasteiger partial charge on any atom is -0.390 e. The molecule has 8 nitrogen and oxygen atoms in total. The molecule has 102 valence electrons. The topological polar surface area (TPSA) is 119 Å². The molecule has 3 rings (SSSR count). The quantitative estimate of drug-likeness (QED) is 0.689. The molecule has 8 heteroatoms. The monoisotopic (exact) mass is 265 g/mol. The van der Waals surface area contributed by atoms with Crippen LogP contribution in [0.25, 0.3) is 11.2 Å². The van der Waals surface area contributed by atoms with Crippen molar-refractivity contribution in [3.63, 3.8) is 0 Å². The number of aromatic nitrogens is 4. The summed E-state index contributed by atoms with van der Waals surface area (Å²) in [5.74, 6) is 0.0323. The summed E-state index contributed by atoms with van der Waals surface area (Å²) < 4.78 is 7.37. The lowest BCUT2D eigenvalue weighted by atomic mass is 10.1. The predicted molar refractivity (Wildman–Crippen MR) is 67.4 cm³/mol. The molecule has 3 atom stereocenters. The van der Waals surface area contributed by atoms with Crippen LogP contribution in [0, 0.1) is 0 Å². The molecule has 3 heterocycles. The third-order valence-electron chi connectivity index (χ3n) is 3.37. The number of aliphatic hydroxyl groups is 1. The fraction of sp³-hybridized carbons (Fsp3) is 0.545. The lowest BCUT2D eigenvalue weighted by molar-refractivity contribution is -0.0183. The number of hydrogen-bond acceptors (Lipinski definition) is 6. The van der Waals surface area contributed by atoms with E-state index in [2.05, 4.69) is 15.0 Å². The second-order valence-electron chi connectivity index (χ2n) is 4.62. The number of aromatic amines is 1. The second-order valence-corrected chi connectivity index (χ2v) is 4.62. The summed E-state index contributed by atoms with van der Waals surface area (Å²) in [6.45, 7) is 1.95. The number of fused-ring (bicyclic) bond motifs is 1. The Balaban J connectivity index is 2.05. The van der Waals surface area contributed by atoms with E-state index in [1.54, 1.807) is 4.57 Å². The molecular weight excluding hydrogens is 250 g/mol. The normalized spacial score (nSPS) is 27.2. The number of hydrogen-bond donors (Lipinski definition) is 3. The van der Waals surface area contributed by atoms with Crippen molar-refractivity contribution in [3.8, 4) is 0 Å². The number of imidazole rings is 1. The van der Waals surface area contributed by atoms with E-state index in [0.29, 0.717) is 12.1 Å². The van der Waals surface area contributed by atoms with Gasteiger partial charge < -0.3 is 15.6 Å². The van der Waals surface area contributed by atoms with Gasteiger partial charge in [0.25, 0.3) is 5.56 Å². The molecule has 1 aliphatic heterocycles. The van der Waals surface area contributed by atoms with Crippen molar-refractivity contribution in [1.29, 1.82) is 0 Å². The molecule has 0 saturated carbocycles. The fourth-order valence-corrected chi connectivity index (χ4v) is 2.41. The number of ether oxygens (including phenoxy) is 1. The van der Waals surface area contributed by atoms with Crippen molar-refractivity contribution in [2.24, 2.45) is 0 Å². The highest BCUT2D eigenvalue weighted by molar-refractivity contribution is 5.70. The zero-order valence-electron chi connectivity index (χ0n) is 10.4. The summed E-state index contributed by atoms with van der Waals surface area (Å²) >= 11 is 0. The Labute approximate surface area is 108 Å². The SMILES string of the molecule is CC[C@H]1O[C@@H](n2cnc3c(=O)[nH]c(N)nc32)CC1O.